The molecule has 0 unspecified atom stereocenters. The smallest absolute Gasteiger partial charge is 0.240 e. The van der Waals surface area contributed by atoms with Crippen LogP contribution in [0.25, 0.3) is 0 Å². The Kier molecular flexibility index (Phi) is 4.31. The maximum Gasteiger partial charge on any atom is 0.240 e. The third kappa shape index (κ3) is 3.39. The van der Waals surface area contributed by atoms with Crippen LogP contribution < -0.4 is 14.2 Å². The second-order valence-corrected chi connectivity index (χ2v) is 6.30. The van der Waals surface area contributed by atoms with Gasteiger partial charge in [0.25, 0.3) is 0 Å². The van der Waals surface area contributed by atoms with Crippen LogP contribution in [0.4, 0.5) is 0 Å². The molecule has 1 N–H and O–H groups in total. The molecule has 0 spiro atoms. The summed E-state index contributed by atoms with van der Waals surface area (Å²) in [7, 11) is -3.50. The molecule has 1 atom stereocenters. The molecular formula is C13H19NO4S. The lowest BCUT2D eigenvalue weighted by Gasteiger charge is -2.13. The molecule has 1 aromatic carbocycles. The lowest BCUT2D eigenvalue weighted by atomic mass is 10.3. The number of fused-ring (bicyclic) bond motifs is 1. The number of benzene rings is 1. The van der Waals surface area contributed by atoms with Gasteiger partial charge in [0.2, 0.25) is 10.0 Å². The van der Waals surface area contributed by atoms with Gasteiger partial charge in [-0.1, -0.05) is 6.92 Å². The fourth-order valence-corrected chi connectivity index (χ4v) is 3.07. The number of nitrogens with one attached hydrogen (secondary N) is 1. The fourth-order valence-electron chi connectivity index (χ4n) is 1.73. The van der Waals surface area contributed by atoms with Gasteiger partial charge in [0.15, 0.2) is 11.5 Å². The minimum Gasteiger partial charge on any atom is -0.490 e. The Hall–Kier alpha value is -1.27. The minimum atomic E-state index is -3.50. The molecule has 0 aromatic heterocycles. The highest BCUT2D eigenvalue weighted by Gasteiger charge is 2.20. The molecule has 6 heteroatoms. The van der Waals surface area contributed by atoms with Gasteiger partial charge < -0.3 is 9.47 Å². The number of ether oxygens (including phenoxy) is 2. The molecular weight excluding hydrogens is 266 g/mol. The normalized spacial score (nSPS) is 16.7. The van der Waals surface area contributed by atoms with E-state index in [-0.39, 0.29) is 10.9 Å². The first-order valence-electron chi connectivity index (χ1n) is 6.45. The number of hydrogen-bond acceptors (Lipinski definition) is 4. The van der Waals surface area contributed by atoms with E-state index in [0.717, 1.165) is 12.8 Å². The van der Waals surface area contributed by atoms with Crippen LogP contribution in [0.3, 0.4) is 0 Å². The Labute approximate surface area is 114 Å². The second kappa shape index (κ2) is 5.79. The summed E-state index contributed by atoms with van der Waals surface area (Å²) in [5.41, 5.74) is 0. The van der Waals surface area contributed by atoms with Crippen LogP contribution >= 0.6 is 0 Å². The topological polar surface area (TPSA) is 64.6 Å². The van der Waals surface area contributed by atoms with Gasteiger partial charge in [-0.2, -0.15) is 0 Å². The standard InChI is InChI=1S/C13H19NO4S/c1-3-10(2)14-19(15,16)11-5-6-12-13(9-11)18-8-4-7-17-12/h5-6,9-10,14H,3-4,7-8H2,1-2H3/t10-/m0/s1. The molecule has 0 amide bonds. The van der Waals surface area contributed by atoms with Gasteiger partial charge in [0.1, 0.15) is 0 Å². The van der Waals surface area contributed by atoms with E-state index in [2.05, 4.69) is 4.72 Å². The maximum absolute atomic E-state index is 12.2. The zero-order valence-corrected chi connectivity index (χ0v) is 12.0. The van der Waals surface area contributed by atoms with Crippen molar-refractivity contribution in [2.75, 3.05) is 13.2 Å². The van der Waals surface area contributed by atoms with Crippen molar-refractivity contribution in [3.05, 3.63) is 18.2 Å². The Morgan fingerprint density at radius 1 is 1.26 bits per heavy atom. The van der Waals surface area contributed by atoms with E-state index in [9.17, 15) is 8.42 Å². The maximum atomic E-state index is 12.2. The van der Waals surface area contributed by atoms with Gasteiger partial charge >= 0.3 is 0 Å². The molecule has 0 fully saturated rings. The summed E-state index contributed by atoms with van der Waals surface area (Å²) < 4.78 is 37.9. The van der Waals surface area contributed by atoms with Crippen LogP contribution in [0, 0.1) is 0 Å². The van der Waals surface area contributed by atoms with E-state index in [4.69, 9.17) is 9.47 Å². The summed E-state index contributed by atoms with van der Waals surface area (Å²) in [5, 5.41) is 0. The highest BCUT2D eigenvalue weighted by molar-refractivity contribution is 7.89. The zero-order valence-electron chi connectivity index (χ0n) is 11.2. The third-order valence-electron chi connectivity index (χ3n) is 3.00. The van der Waals surface area contributed by atoms with Gasteiger partial charge in [-0.3, -0.25) is 0 Å². The fraction of sp³-hybridized carbons (Fsp3) is 0.538. The van der Waals surface area contributed by atoms with Crippen molar-refractivity contribution in [1.82, 2.24) is 4.72 Å². The van der Waals surface area contributed by atoms with E-state index in [1.807, 2.05) is 13.8 Å². The van der Waals surface area contributed by atoms with Crippen molar-refractivity contribution in [1.29, 1.82) is 0 Å². The monoisotopic (exact) mass is 285 g/mol. The van der Waals surface area contributed by atoms with E-state index < -0.39 is 10.0 Å². The van der Waals surface area contributed by atoms with Crippen molar-refractivity contribution in [3.63, 3.8) is 0 Å². The molecule has 0 saturated carbocycles. The predicted molar refractivity (Wildman–Crippen MR) is 72.1 cm³/mol. The summed E-state index contributed by atoms with van der Waals surface area (Å²) in [6.07, 6.45) is 1.53. The molecule has 106 valence electrons. The van der Waals surface area contributed by atoms with Crippen LogP contribution in [0.1, 0.15) is 26.7 Å². The Morgan fingerprint density at radius 3 is 2.63 bits per heavy atom. The minimum absolute atomic E-state index is 0.0963. The average Bonchev–Trinajstić information content (AvgIpc) is 2.62. The largest absolute Gasteiger partial charge is 0.490 e. The van der Waals surface area contributed by atoms with Crippen LogP contribution in [-0.4, -0.2) is 27.7 Å². The van der Waals surface area contributed by atoms with Crippen molar-refractivity contribution >= 4 is 10.0 Å². The Bertz CT molecular complexity index is 542. The number of rotatable bonds is 4. The number of sulfonamides is 1. The highest BCUT2D eigenvalue weighted by atomic mass is 32.2. The van der Waals surface area contributed by atoms with Crippen molar-refractivity contribution in [2.24, 2.45) is 0 Å². The van der Waals surface area contributed by atoms with Gasteiger partial charge in [0, 0.05) is 18.5 Å². The Balaban J connectivity index is 2.28. The van der Waals surface area contributed by atoms with Crippen molar-refractivity contribution in [2.45, 2.75) is 37.6 Å². The summed E-state index contributed by atoms with van der Waals surface area (Å²) >= 11 is 0. The molecule has 1 heterocycles. The molecule has 1 aliphatic heterocycles. The quantitative estimate of drug-likeness (QED) is 0.918. The summed E-state index contributed by atoms with van der Waals surface area (Å²) in [5.74, 6) is 1.09. The molecule has 2 rings (SSSR count). The van der Waals surface area contributed by atoms with Crippen LogP contribution in [0.15, 0.2) is 23.1 Å². The Morgan fingerprint density at radius 2 is 1.95 bits per heavy atom. The molecule has 0 bridgehead atoms. The SMILES string of the molecule is CC[C@H](C)NS(=O)(=O)c1ccc2c(c1)OCCCO2. The molecule has 0 radical (unpaired) electrons. The second-order valence-electron chi connectivity index (χ2n) is 4.59. The molecule has 0 saturated heterocycles. The van der Waals surface area contributed by atoms with Crippen LogP contribution in [0.2, 0.25) is 0 Å². The van der Waals surface area contributed by atoms with Crippen LogP contribution in [-0.2, 0) is 10.0 Å². The van der Waals surface area contributed by atoms with E-state index in [0.29, 0.717) is 24.7 Å². The van der Waals surface area contributed by atoms with Gasteiger partial charge in [-0.05, 0) is 25.5 Å². The van der Waals surface area contributed by atoms with E-state index >= 15 is 0 Å². The molecule has 1 aliphatic rings. The first-order chi connectivity index (χ1) is 9.03. The predicted octanol–water partition coefficient (Wildman–Crippen LogP) is 1.92. The highest BCUT2D eigenvalue weighted by Crippen LogP contribution is 2.31. The average molecular weight is 285 g/mol. The zero-order chi connectivity index (χ0) is 13.9. The molecule has 1 aromatic rings. The van der Waals surface area contributed by atoms with E-state index in [1.165, 1.54) is 12.1 Å². The molecule has 19 heavy (non-hydrogen) atoms. The van der Waals surface area contributed by atoms with E-state index in [1.54, 1.807) is 6.07 Å². The van der Waals surface area contributed by atoms with Crippen molar-refractivity contribution in [3.8, 4) is 11.5 Å². The van der Waals surface area contributed by atoms with Gasteiger partial charge in [0.05, 0.1) is 18.1 Å². The molecule has 0 aliphatic carbocycles. The summed E-state index contributed by atoms with van der Waals surface area (Å²) in [6.45, 7) is 4.89. The van der Waals surface area contributed by atoms with Crippen molar-refractivity contribution < 1.29 is 17.9 Å². The molecule has 5 nitrogen and oxygen atoms in total. The lowest BCUT2D eigenvalue weighted by molar-refractivity contribution is 0.297. The van der Waals surface area contributed by atoms with Crippen LogP contribution in [0.5, 0.6) is 11.5 Å². The first-order valence-corrected chi connectivity index (χ1v) is 7.93. The number of hydrogen-bond donors (Lipinski definition) is 1. The van der Waals surface area contributed by atoms with Gasteiger partial charge in [-0.15, -0.1) is 0 Å². The first kappa shape index (κ1) is 14.1. The third-order valence-corrected chi connectivity index (χ3v) is 4.59. The van der Waals surface area contributed by atoms with Gasteiger partial charge in [-0.25, -0.2) is 13.1 Å². The lowest BCUT2D eigenvalue weighted by Crippen LogP contribution is -2.31. The summed E-state index contributed by atoms with van der Waals surface area (Å²) in [6, 6.07) is 4.61. The summed E-state index contributed by atoms with van der Waals surface area (Å²) in [4.78, 5) is 0.206.